The molecule has 0 aliphatic carbocycles. The van der Waals surface area contributed by atoms with Gasteiger partial charge in [-0.2, -0.15) is 18.4 Å². The standard InChI is InChI=1S/C61H35F3N6/c1-66-47-31-45(30-46(36-47)61(62,63)64)60-58(69-54-18-10-8-16-48(54)50-32-41(20-22-56(50)69)43-24-26-67-52(34-43)39-12-4-2-5-13-39)28-38(37-65)29-59(60)70-55-19-11-9-17-49(55)51-33-42(21-23-57(51)70)44-25-27-68-53(35-44)40-14-6-3-7-15-40/h2-36H. The fourth-order valence-corrected chi connectivity index (χ4v) is 9.89. The van der Waals surface area contributed by atoms with E-state index in [1.54, 1.807) is 24.5 Å². The quantitative estimate of drug-likeness (QED) is 0.150. The third-order valence-electron chi connectivity index (χ3n) is 13.0. The normalized spacial score (nSPS) is 11.6. The van der Waals surface area contributed by atoms with E-state index in [9.17, 15) is 18.4 Å². The molecule has 6 nitrogen and oxygen atoms in total. The van der Waals surface area contributed by atoms with Crippen LogP contribution in [-0.4, -0.2) is 19.1 Å². The molecular weight excluding hydrogens is 874 g/mol. The number of benzene rings is 8. The Balaban J connectivity index is 1.14. The van der Waals surface area contributed by atoms with Crippen LogP contribution in [0.3, 0.4) is 0 Å². The highest BCUT2D eigenvalue weighted by Crippen LogP contribution is 2.46. The van der Waals surface area contributed by atoms with Crippen LogP contribution >= 0.6 is 0 Å². The van der Waals surface area contributed by atoms with Crippen LogP contribution in [-0.2, 0) is 6.18 Å². The summed E-state index contributed by atoms with van der Waals surface area (Å²) in [4.78, 5) is 12.9. The Labute approximate surface area is 399 Å². The van der Waals surface area contributed by atoms with Crippen molar-refractivity contribution >= 4 is 49.3 Å². The number of nitriles is 1. The summed E-state index contributed by atoms with van der Waals surface area (Å²) in [5.41, 5.74) is 11.4. The number of pyridine rings is 2. The van der Waals surface area contributed by atoms with Gasteiger partial charge in [0.1, 0.15) is 0 Å². The molecule has 0 amide bonds. The lowest BCUT2D eigenvalue weighted by Crippen LogP contribution is -2.07. The van der Waals surface area contributed by atoms with Gasteiger partial charge in [0, 0.05) is 56.2 Å². The summed E-state index contributed by atoms with van der Waals surface area (Å²) < 4.78 is 48.9. The first-order chi connectivity index (χ1) is 34.2. The number of para-hydroxylation sites is 2. The van der Waals surface area contributed by atoms with Gasteiger partial charge in [-0.05, 0) is 119 Å². The molecule has 4 heterocycles. The van der Waals surface area contributed by atoms with Crippen LogP contribution in [0.1, 0.15) is 11.1 Å². The maximum Gasteiger partial charge on any atom is 0.415 e. The summed E-state index contributed by atoms with van der Waals surface area (Å²) in [7, 11) is 0. The van der Waals surface area contributed by atoms with E-state index < -0.39 is 11.7 Å². The van der Waals surface area contributed by atoms with Crippen molar-refractivity contribution in [3.8, 4) is 73.3 Å². The zero-order chi connectivity index (χ0) is 47.5. The molecule has 0 atom stereocenters. The molecule has 12 aromatic rings. The third kappa shape index (κ3) is 7.13. The van der Waals surface area contributed by atoms with E-state index in [-0.39, 0.29) is 11.3 Å². The number of aromatic nitrogens is 4. The molecule has 0 spiro atoms. The Hall–Kier alpha value is -9.57. The molecule has 0 unspecified atom stereocenters. The van der Waals surface area contributed by atoms with Crippen LogP contribution in [0.2, 0.25) is 0 Å². The van der Waals surface area contributed by atoms with Crippen molar-refractivity contribution in [3.63, 3.8) is 0 Å². The minimum absolute atomic E-state index is 0.163. The largest absolute Gasteiger partial charge is 0.415 e. The van der Waals surface area contributed by atoms with Gasteiger partial charge in [-0.3, -0.25) is 9.97 Å². The molecule has 0 saturated heterocycles. The summed E-state index contributed by atoms with van der Waals surface area (Å²) in [6, 6.07) is 65.6. The van der Waals surface area contributed by atoms with Gasteiger partial charge < -0.3 is 9.13 Å². The van der Waals surface area contributed by atoms with Crippen LogP contribution in [0.25, 0.3) is 116 Å². The molecule has 0 saturated carbocycles. The number of fused-ring (bicyclic) bond motifs is 6. The molecule has 330 valence electrons. The molecule has 0 aliphatic rings. The zero-order valence-corrected chi connectivity index (χ0v) is 37.0. The molecule has 0 radical (unpaired) electrons. The van der Waals surface area contributed by atoms with Crippen molar-refractivity contribution in [3.05, 3.63) is 235 Å². The van der Waals surface area contributed by atoms with Gasteiger partial charge in [0.25, 0.3) is 0 Å². The predicted octanol–water partition coefficient (Wildman–Crippen LogP) is 16.4. The van der Waals surface area contributed by atoms with E-state index >= 15 is 0 Å². The van der Waals surface area contributed by atoms with Gasteiger partial charge in [0.15, 0.2) is 5.69 Å². The maximum atomic E-state index is 14.9. The molecule has 12 rings (SSSR count). The number of alkyl halides is 3. The van der Waals surface area contributed by atoms with Gasteiger partial charge in [0.05, 0.1) is 63.0 Å². The number of hydrogen-bond acceptors (Lipinski definition) is 3. The first kappa shape index (κ1) is 41.8. The lowest BCUT2D eigenvalue weighted by Gasteiger charge is -2.22. The van der Waals surface area contributed by atoms with Crippen molar-refractivity contribution in [2.75, 3.05) is 0 Å². The van der Waals surface area contributed by atoms with Crippen LogP contribution < -0.4 is 0 Å². The fourth-order valence-electron chi connectivity index (χ4n) is 9.89. The Morgan fingerprint density at radius 2 is 0.900 bits per heavy atom. The summed E-state index contributed by atoms with van der Waals surface area (Å²) >= 11 is 0. The predicted molar refractivity (Wildman–Crippen MR) is 274 cm³/mol. The van der Waals surface area contributed by atoms with Gasteiger partial charge in [-0.15, -0.1) is 0 Å². The van der Waals surface area contributed by atoms with E-state index in [4.69, 9.17) is 6.57 Å². The zero-order valence-electron chi connectivity index (χ0n) is 37.0. The first-order valence-electron chi connectivity index (χ1n) is 22.5. The molecule has 8 aromatic carbocycles. The first-order valence-corrected chi connectivity index (χ1v) is 22.5. The molecule has 4 aromatic heterocycles. The molecule has 0 N–H and O–H groups in total. The monoisotopic (exact) mass is 908 g/mol. The molecule has 0 aliphatic heterocycles. The Morgan fingerprint density at radius 3 is 1.37 bits per heavy atom. The Kier molecular flexibility index (Phi) is 9.94. The highest BCUT2D eigenvalue weighted by atomic mass is 19.4. The van der Waals surface area contributed by atoms with Crippen LogP contribution in [0.5, 0.6) is 0 Å². The lowest BCUT2D eigenvalue weighted by atomic mass is 9.95. The minimum Gasteiger partial charge on any atom is -0.308 e. The van der Waals surface area contributed by atoms with Crippen LogP contribution in [0.4, 0.5) is 18.9 Å². The molecule has 9 heteroatoms. The summed E-state index contributed by atoms with van der Waals surface area (Å²) in [5.74, 6) is 0. The molecular formula is C61H35F3N6. The summed E-state index contributed by atoms with van der Waals surface area (Å²) in [5, 5.41) is 14.5. The van der Waals surface area contributed by atoms with Gasteiger partial charge >= 0.3 is 6.18 Å². The second-order valence-electron chi connectivity index (χ2n) is 17.1. The van der Waals surface area contributed by atoms with E-state index in [0.717, 1.165) is 101 Å². The summed E-state index contributed by atoms with van der Waals surface area (Å²) in [6.45, 7) is 7.99. The number of nitrogens with zero attached hydrogens (tertiary/aromatic N) is 6. The number of rotatable bonds is 7. The van der Waals surface area contributed by atoms with Gasteiger partial charge in [-0.1, -0.05) is 109 Å². The smallest absolute Gasteiger partial charge is 0.308 e. The van der Waals surface area contributed by atoms with Crippen molar-refractivity contribution < 1.29 is 13.2 Å². The van der Waals surface area contributed by atoms with E-state index in [1.807, 2.05) is 155 Å². The van der Waals surface area contributed by atoms with Crippen LogP contribution in [0, 0.1) is 17.9 Å². The highest BCUT2D eigenvalue weighted by molar-refractivity contribution is 6.13. The van der Waals surface area contributed by atoms with Crippen LogP contribution in [0.15, 0.2) is 213 Å². The molecule has 0 fully saturated rings. The second-order valence-corrected chi connectivity index (χ2v) is 17.1. The number of hydrogen-bond donors (Lipinski definition) is 0. The Bertz CT molecular complexity index is 3920. The van der Waals surface area contributed by atoms with E-state index in [2.05, 4.69) is 45.1 Å². The van der Waals surface area contributed by atoms with E-state index in [0.29, 0.717) is 22.5 Å². The third-order valence-corrected chi connectivity index (χ3v) is 13.0. The van der Waals surface area contributed by atoms with Crippen molar-refractivity contribution in [1.29, 1.82) is 5.26 Å². The van der Waals surface area contributed by atoms with Gasteiger partial charge in [-0.25, -0.2) is 4.85 Å². The molecule has 0 bridgehead atoms. The average molecular weight is 909 g/mol. The second kappa shape index (κ2) is 16.6. The average Bonchev–Trinajstić information content (AvgIpc) is 3.92. The fraction of sp³-hybridized carbons (Fsp3) is 0.0164. The maximum absolute atomic E-state index is 14.9. The summed E-state index contributed by atoms with van der Waals surface area (Å²) in [6.07, 6.45) is -1.15. The lowest BCUT2D eigenvalue weighted by molar-refractivity contribution is -0.137. The Morgan fingerprint density at radius 1 is 0.443 bits per heavy atom. The van der Waals surface area contributed by atoms with Crippen molar-refractivity contribution in [2.24, 2.45) is 0 Å². The van der Waals surface area contributed by atoms with Crippen molar-refractivity contribution in [2.45, 2.75) is 6.18 Å². The SMILES string of the molecule is [C-]#[N+]c1cc(-c2c(-n3c4ccccc4c4cc(-c5ccnc(-c6ccccc6)c5)ccc43)cc(C#N)cc2-n2c3ccccc3c3cc(-c4ccnc(-c5ccccc5)c4)ccc32)cc(C(F)(F)F)c1. The van der Waals surface area contributed by atoms with Gasteiger partial charge in [0.2, 0.25) is 0 Å². The highest BCUT2D eigenvalue weighted by Gasteiger charge is 2.32. The number of halogens is 3. The van der Waals surface area contributed by atoms with Crippen molar-refractivity contribution in [1.82, 2.24) is 19.1 Å². The minimum atomic E-state index is -4.75. The van der Waals surface area contributed by atoms with E-state index in [1.165, 1.54) is 6.07 Å². The topological polar surface area (TPSA) is 63.8 Å². The molecule has 70 heavy (non-hydrogen) atoms.